The van der Waals surface area contributed by atoms with Gasteiger partial charge in [-0.15, -0.1) is 0 Å². The highest BCUT2D eigenvalue weighted by atomic mass is 32.1. The van der Waals surface area contributed by atoms with Gasteiger partial charge in [0.2, 0.25) is 59.1 Å². The van der Waals surface area contributed by atoms with Crippen molar-refractivity contribution >= 4 is 84.3 Å². The molecular formula is C60H98N16O12S2. The molecule has 4 atom stereocenters. The highest BCUT2D eigenvalue weighted by molar-refractivity contribution is 7.80. The summed E-state index contributed by atoms with van der Waals surface area (Å²) in [5, 5.41) is 63.7. The van der Waals surface area contributed by atoms with Crippen LogP contribution in [0.25, 0.3) is 0 Å². The topological polar surface area (TPSA) is 432 Å². The normalized spacial score (nSPS) is 18.7. The minimum Gasteiger partial charge on any atom is -0.508 e. The highest BCUT2D eigenvalue weighted by Crippen LogP contribution is 2.15. The average molecular weight is 1300 g/mol. The van der Waals surface area contributed by atoms with Gasteiger partial charge in [-0.1, -0.05) is 37.1 Å². The van der Waals surface area contributed by atoms with Gasteiger partial charge in [0.1, 0.15) is 35.7 Å². The van der Waals surface area contributed by atoms with Gasteiger partial charge in [0, 0.05) is 154 Å². The van der Waals surface area contributed by atoms with Crippen LogP contribution < -0.4 is 85.9 Å². The quantitative estimate of drug-likeness (QED) is 0.0234. The lowest BCUT2D eigenvalue weighted by Crippen LogP contribution is -2.68. The summed E-state index contributed by atoms with van der Waals surface area (Å²) in [6, 6.07) is 9.07. The molecule has 3 heterocycles. The first-order valence-electron chi connectivity index (χ1n) is 31.2. The predicted molar refractivity (Wildman–Crippen MR) is 347 cm³/mol. The molecule has 28 nitrogen and oxygen atoms in total. The van der Waals surface area contributed by atoms with E-state index in [9.17, 15) is 58.2 Å². The molecule has 30 heteroatoms. The first kappa shape index (κ1) is 75.7. The van der Waals surface area contributed by atoms with Crippen LogP contribution in [0, 0.1) is 0 Å². The van der Waals surface area contributed by atoms with Crippen molar-refractivity contribution in [1.82, 2.24) is 74.4 Å². The molecule has 2 aromatic carbocycles. The Kier molecular flexibility index (Phi) is 35.6. The number of nitrogens with two attached hydrogens (primary N) is 2. The number of nitrogens with one attached hydrogen (secondary N) is 14. The zero-order chi connectivity index (χ0) is 65.6. The van der Waals surface area contributed by atoms with Gasteiger partial charge >= 0.3 is 0 Å². The summed E-state index contributed by atoms with van der Waals surface area (Å²) in [6.07, 6.45) is 4.48. The molecule has 502 valence electrons. The third-order valence-corrected chi connectivity index (χ3v) is 15.9. The summed E-state index contributed by atoms with van der Waals surface area (Å²) in [6.45, 7) is 6.14. The minimum absolute atomic E-state index is 0.0223. The largest absolute Gasteiger partial charge is 0.508 e. The summed E-state index contributed by atoms with van der Waals surface area (Å²) in [5.41, 5.74) is 10.4. The number of thiol groups is 2. The first-order chi connectivity index (χ1) is 43.2. The van der Waals surface area contributed by atoms with E-state index in [-0.39, 0.29) is 111 Å². The van der Waals surface area contributed by atoms with Crippen LogP contribution >= 0.6 is 25.3 Å². The van der Waals surface area contributed by atoms with Crippen molar-refractivity contribution in [3.63, 3.8) is 0 Å². The van der Waals surface area contributed by atoms with Gasteiger partial charge in [0.15, 0.2) is 0 Å². The number of primary amides is 2. The van der Waals surface area contributed by atoms with Crippen molar-refractivity contribution in [3.05, 3.63) is 59.7 Å². The Hall–Kier alpha value is -6.80. The van der Waals surface area contributed by atoms with E-state index in [0.717, 1.165) is 0 Å². The maximum absolute atomic E-state index is 13.8. The summed E-state index contributed by atoms with van der Waals surface area (Å²) in [5.74, 6) is -3.81. The van der Waals surface area contributed by atoms with E-state index in [4.69, 9.17) is 11.5 Å². The minimum atomic E-state index is -0.943. The van der Waals surface area contributed by atoms with Crippen LogP contribution in [0.2, 0.25) is 0 Å². The molecule has 0 aromatic heterocycles. The van der Waals surface area contributed by atoms with Crippen LogP contribution in [0.3, 0.4) is 0 Å². The molecule has 3 saturated heterocycles. The molecule has 90 heavy (non-hydrogen) atoms. The summed E-state index contributed by atoms with van der Waals surface area (Å²) >= 11 is 8.07. The lowest BCUT2D eigenvalue weighted by molar-refractivity contribution is -0.129. The summed E-state index contributed by atoms with van der Waals surface area (Å²) < 4.78 is 0. The van der Waals surface area contributed by atoms with E-state index < -0.39 is 70.7 Å². The molecule has 0 radical (unpaired) electrons. The number of rotatable bonds is 36. The fraction of sp³-hybridized carbons (Fsp3) is 0.633. The van der Waals surface area contributed by atoms with Crippen molar-refractivity contribution in [3.8, 4) is 11.5 Å². The lowest BCUT2D eigenvalue weighted by Gasteiger charge is -2.39. The fourth-order valence-electron chi connectivity index (χ4n) is 10.1. The van der Waals surface area contributed by atoms with E-state index in [2.05, 4.69) is 99.7 Å². The number of benzene rings is 2. The van der Waals surface area contributed by atoms with E-state index >= 15 is 0 Å². The molecule has 0 aliphatic carbocycles. The SMILES string of the molecule is NC(=O)C(CS)NC(=O)CCCCCNC(=O)C(Cc1ccc(O)cc1)NC(=O)CCCC(=O)N[C@]12CNCCNC[C@](NC(=O)CCCC(=O)NC(Cc3ccc(O)cc3)C(=O)NCCCCCC(=O)NC(CS)C(N)=O)(CNCCNC1)CNCCNC2. The van der Waals surface area contributed by atoms with Crippen molar-refractivity contribution in [2.24, 2.45) is 11.5 Å². The van der Waals surface area contributed by atoms with Gasteiger partial charge in [-0.2, -0.15) is 25.3 Å². The molecule has 3 aliphatic rings. The Morgan fingerprint density at radius 2 is 0.678 bits per heavy atom. The molecule has 10 amide bonds. The van der Waals surface area contributed by atoms with Gasteiger partial charge in [0.25, 0.3) is 0 Å². The molecule has 5 rings (SSSR count). The van der Waals surface area contributed by atoms with E-state index in [1.807, 2.05) is 0 Å². The number of hydrogen-bond acceptors (Lipinski definition) is 20. The molecular weight excluding hydrogens is 1200 g/mol. The number of fused-ring (bicyclic) bond motifs is 15. The number of unbranched alkanes of at least 4 members (excludes halogenated alkanes) is 4. The molecule has 0 saturated carbocycles. The maximum Gasteiger partial charge on any atom is 0.242 e. The van der Waals surface area contributed by atoms with Gasteiger partial charge in [-0.05, 0) is 73.9 Å². The molecule has 2 aromatic rings. The number of amides is 10. The third-order valence-electron chi connectivity index (χ3n) is 15.2. The molecule has 3 aliphatic heterocycles. The standard InChI is InChI=1S/C60H98N16O12S2/c61-55(85)47(33-89)73-49(79)9-3-1-5-23-69-57(87)45(31-41-15-19-43(77)20-16-41)71-51(81)11-7-13-53(83)75-59-35-63-25-28-66-38-60(39-67-29-26-64-36-59,40-68-30-27-65-37-59)76-54(84)14-8-12-52(82)72-46(32-42-17-21-44(78)22-18-42)58(88)70-24-6-2-4-10-50(80)74-48(34-90)56(62)86/h15-22,45-48,63-68,77-78,89-90H,1-14,23-40H2,(H2,61,85)(H2,62,86)(H,69,87)(H,70,88)(H,71,81)(H,72,82)(H,73,79)(H,74,80)(H,75,83)(H,76,84)/t45?,46?,47?,48?,59-,60+. The molecule has 0 spiro atoms. The van der Waals surface area contributed by atoms with Gasteiger partial charge in [-0.3, -0.25) is 47.9 Å². The van der Waals surface area contributed by atoms with E-state index in [0.29, 0.717) is 141 Å². The van der Waals surface area contributed by atoms with Gasteiger partial charge in [0.05, 0.1) is 11.1 Å². The van der Waals surface area contributed by atoms with Crippen molar-refractivity contribution in [1.29, 1.82) is 0 Å². The van der Waals surface area contributed by atoms with Crippen LogP contribution in [0.15, 0.2) is 48.5 Å². The van der Waals surface area contributed by atoms with Crippen LogP contribution in [0.5, 0.6) is 11.5 Å². The predicted octanol–water partition coefficient (Wildman–Crippen LogP) is -3.38. The Balaban J connectivity index is 1.25. The number of carbonyl (C=O) groups excluding carboxylic acids is 10. The first-order valence-corrected chi connectivity index (χ1v) is 32.4. The number of phenols is 2. The molecule has 3 fully saturated rings. The lowest BCUT2D eigenvalue weighted by atomic mass is 9.96. The summed E-state index contributed by atoms with van der Waals surface area (Å²) in [7, 11) is 0. The Morgan fingerprint density at radius 3 is 0.967 bits per heavy atom. The van der Waals surface area contributed by atoms with E-state index in [1.165, 1.54) is 24.3 Å². The van der Waals surface area contributed by atoms with Crippen molar-refractivity contribution in [2.75, 3.05) is 103 Å². The van der Waals surface area contributed by atoms with Crippen LogP contribution in [-0.4, -0.2) is 208 Å². The van der Waals surface area contributed by atoms with E-state index in [1.54, 1.807) is 24.3 Å². The number of aromatic hydroxyl groups is 2. The maximum atomic E-state index is 13.8. The Bertz CT molecular complexity index is 2370. The summed E-state index contributed by atoms with van der Waals surface area (Å²) in [4.78, 5) is 129. The number of carbonyl (C=O) groups is 10. The zero-order valence-electron chi connectivity index (χ0n) is 51.6. The third kappa shape index (κ3) is 30.8. The average Bonchev–Trinajstić information content (AvgIpc) is 3.67. The monoisotopic (exact) mass is 1300 g/mol. The second-order valence-electron chi connectivity index (χ2n) is 23.0. The smallest absolute Gasteiger partial charge is 0.242 e. The van der Waals surface area contributed by atoms with Crippen LogP contribution in [0.1, 0.15) is 101 Å². The molecule has 2 bridgehead atoms. The van der Waals surface area contributed by atoms with Gasteiger partial charge < -0.3 is 96.1 Å². The van der Waals surface area contributed by atoms with Gasteiger partial charge in [-0.25, -0.2) is 0 Å². The fourth-order valence-corrected chi connectivity index (χ4v) is 10.7. The van der Waals surface area contributed by atoms with Crippen molar-refractivity contribution in [2.45, 2.75) is 138 Å². The molecule has 4 unspecified atom stereocenters. The number of hydrogen-bond donors (Lipinski definition) is 20. The Morgan fingerprint density at radius 1 is 0.400 bits per heavy atom. The van der Waals surface area contributed by atoms with Crippen LogP contribution in [0.4, 0.5) is 0 Å². The van der Waals surface area contributed by atoms with Crippen molar-refractivity contribution < 1.29 is 58.2 Å². The van der Waals surface area contributed by atoms with Crippen LogP contribution in [-0.2, 0) is 60.8 Å². The number of phenolic OH excluding ortho intramolecular Hbond substituents is 2. The second-order valence-corrected chi connectivity index (χ2v) is 23.7. The Labute approximate surface area is 538 Å². The zero-order valence-corrected chi connectivity index (χ0v) is 53.4. The molecule has 20 N–H and O–H groups in total. The highest BCUT2D eigenvalue weighted by Gasteiger charge is 2.35. The second kappa shape index (κ2) is 42.3.